The van der Waals surface area contributed by atoms with Gasteiger partial charge in [0.15, 0.2) is 5.82 Å². The van der Waals surface area contributed by atoms with E-state index in [1.54, 1.807) is 49.6 Å². The van der Waals surface area contributed by atoms with Crippen LogP contribution in [-0.4, -0.2) is 33.8 Å². The number of methoxy groups -OCH3 is 1. The van der Waals surface area contributed by atoms with Gasteiger partial charge in [-0.05, 0) is 36.2 Å². The first-order valence-corrected chi connectivity index (χ1v) is 8.40. The maximum absolute atomic E-state index is 11.2. The van der Waals surface area contributed by atoms with Gasteiger partial charge in [0, 0.05) is 17.2 Å². The lowest BCUT2D eigenvalue weighted by molar-refractivity contribution is 0.100. The average Bonchev–Trinajstić information content (AvgIpc) is 3.11. The molecule has 1 heterocycles. The second-order valence-corrected chi connectivity index (χ2v) is 5.97. The van der Waals surface area contributed by atoms with Gasteiger partial charge in [-0.15, -0.1) is 0 Å². The number of aliphatic hydroxyl groups excluding tert-OH is 1. The molecular formula is C20H20N4O3. The van der Waals surface area contributed by atoms with Gasteiger partial charge in [0.05, 0.1) is 18.1 Å². The Bertz CT molecular complexity index is 1050. The standard InChI is InChI=1S/C20H20N4O3/c1-3-14(11-4-6-12(7-5-11)19(22)26)18(25)17(21)20-23-15-9-8-13(27-2)10-16(15)24-20/h4-10,21,25H,3H2,1-2H3,(H2,22,26)(H,23,24)/b18-14-,21-17?. The molecule has 2 aromatic carbocycles. The topological polar surface area (TPSA) is 125 Å². The quantitative estimate of drug-likeness (QED) is 0.395. The van der Waals surface area contributed by atoms with Crippen LogP contribution in [0.25, 0.3) is 16.6 Å². The van der Waals surface area contributed by atoms with Crippen LogP contribution in [-0.2, 0) is 0 Å². The highest BCUT2D eigenvalue weighted by Crippen LogP contribution is 2.25. The Balaban J connectivity index is 1.99. The number of amides is 1. The zero-order chi connectivity index (χ0) is 19.6. The number of nitrogens with zero attached hydrogens (tertiary/aromatic N) is 1. The van der Waals surface area contributed by atoms with E-state index < -0.39 is 5.91 Å². The Morgan fingerprint density at radius 2 is 1.89 bits per heavy atom. The summed E-state index contributed by atoms with van der Waals surface area (Å²) in [5.74, 6) is 0.247. The van der Waals surface area contributed by atoms with E-state index in [2.05, 4.69) is 9.97 Å². The first-order valence-electron chi connectivity index (χ1n) is 8.40. The molecule has 0 atom stereocenters. The molecule has 1 amide bonds. The molecule has 0 saturated heterocycles. The number of ether oxygens (including phenoxy) is 1. The van der Waals surface area contributed by atoms with Gasteiger partial charge in [0.25, 0.3) is 0 Å². The van der Waals surface area contributed by atoms with E-state index >= 15 is 0 Å². The van der Waals surface area contributed by atoms with E-state index in [0.717, 1.165) is 0 Å². The van der Waals surface area contributed by atoms with Crippen molar-refractivity contribution >= 4 is 28.2 Å². The van der Waals surface area contributed by atoms with Crippen molar-refractivity contribution in [2.24, 2.45) is 5.73 Å². The maximum atomic E-state index is 11.2. The van der Waals surface area contributed by atoms with Crippen molar-refractivity contribution in [1.29, 1.82) is 5.41 Å². The highest BCUT2D eigenvalue weighted by atomic mass is 16.5. The number of carbonyl (C=O) groups is 1. The normalized spacial score (nSPS) is 11.9. The van der Waals surface area contributed by atoms with E-state index in [4.69, 9.17) is 15.9 Å². The lowest BCUT2D eigenvalue weighted by Crippen LogP contribution is -2.11. The number of allylic oxidation sites excluding steroid dienone is 2. The number of nitrogens with one attached hydrogen (secondary N) is 2. The van der Waals surface area contributed by atoms with Crippen LogP contribution in [0, 0.1) is 5.41 Å². The van der Waals surface area contributed by atoms with Crippen molar-refractivity contribution in [1.82, 2.24) is 9.97 Å². The molecule has 7 nitrogen and oxygen atoms in total. The van der Waals surface area contributed by atoms with Gasteiger partial charge < -0.3 is 20.6 Å². The maximum Gasteiger partial charge on any atom is 0.248 e. The van der Waals surface area contributed by atoms with Crippen molar-refractivity contribution in [2.45, 2.75) is 13.3 Å². The van der Waals surface area contributed by atoms with Crippen LogP contribution in [0.4, 0.5) is 0 Å². The summed E-state index contributed by atoms with van der Waals surface area (Å²) in [5, 5.41) is 19.0. The number of hydrogen-bond donors (Lipinski definition) is 4. The Hall–Kier alpha value is -3.61. The molecule has 3 aromatic rings. The predicted octanol–water partition coefficient (Wildman–Crippen LogP) is 3.42. The van der Waals surface area contributed by atoms with Crippen molar-refractivity contribution < 1.29 is 14.6 Å². The number of aromatic nitrogens is 2. The summed E-state index contributed by atoms with van der Waals surface area (Å²) in [6, 6.07) is 11.9. The number of nitrogens with two attached hydrogens (primary N) is 1. The van der Waals surface area contributed by atoms with Crippen LogP contribution in [0.5, 0.6) is 5.75 Å². The fourth-order valence-electron chi connectivity index (χ4n) is 2.84. The van der Waals surface area contributed by atoms with Gasteiger partial charge in [0.2, 0.25) is 5.91 Å². The molecule has 138 valence electrons. The average molecular weight is 364 g/mol. The Labute approximate surface area is 156 Å². The molecule has 0 spiro atoms. The first-order chi connectivity index (χ1) is 12.9. The van der Waals surface area contributed by atoms with Gasteiger partial charge in [-0.25, -0.2) is 4.98 Å². The molecule has 0 aliphatic rings. The largest absolute Gasteiger partial charge is 0.505 e. The number of aliphatic hydroxyl groups is 1. The predicted molar refractivity (Wildman–Crippen MR) is 104 cm³/mol. The van der Waals surface area contributed by atoms with Gasteiger partial charge in [-0.2, -0.15) is 0 Å². The molecule has 0 aliphatic carbocycles. The molecule has 1 aromatic heterocycles. The highest BCUT2D eigenvalue weighted by molar-refractivity contribution is 6.12. The molecule has 3 rings (SSSR count). The number of rotatable bonds is 6. The van der Waals surface area contributed by atoms with Crippen LogP contribution in [0.1, 0.15) is 35.1 Å². The fourth-order valence-corrected chi connectivity index (χ4v) is 2.84. The van der Waals surface area contributed by atoms with Gasteiger partial charge >= 0.3 is 0 Å². The summed E-state index contributed by atoms with van der Waals surface area (Å²) in [4.78, 5) is 18.6. The summed E-state index contributed by atoms with van der Waals surface area (Å²) in [6.45, 7) is 1.88. The molecule has 27 heavy (non-hydrogen) atoms. The van der Waals surface area contributed by atoms with E-state index in [0.29, 0.717) is 39.9 Å². The zero-order valence-electron chi connectivity index (χ0n) is 15.0. The number of aromatic amines is 1. The molecule has 5 N–H and O–H groups in total. The van der Waals surface area contributed by atoms with Crippen molar-refractivity contribution in [3.63, 3.8) is 0 Å². The molecule has 0 aliphatic heterocycles. The molecule has 0 bridgehead atoms. The Morgan fingerprint density at radius 1 is 1.22 bits per heavy atom. The smallest absolute Gasteiger partial charge is 0.248 e. The third-order valence-corrected chi connectivity index (χ3v) is 4.32. The molecule has 0 saturated carbocycles. The van der Waals surface area contributed by atoms with Crippen LogP contribution in [0.2, 0.25) is 0 Å². The third kappa shape index (κ3) is 3.52. The third-order valence-electron chi connectivity index (χ3n) is 4.32. The first kappa shape index (κ1) is 18.2. The summed E-state index contributed by atoms with van der Waals surface area (Å²) >= 11 is 0. The Morgan fingerprint density at radius 3 is 2.48 bits per heavy atom. The summed E-state index contributed by atoms with van der Waals surface area (Å²) in [6.07, 6.45) is 0.498. The summed E-state index contributed by atoms with van der Waals surface area (Å²) < 4.78 is 5.19. The van der Waals surface area contributed by atoms with E-state index in [-0.39, 0.29) is 17.3 Å². The number of primary amides is 1. The summed E-state index contributed by atoms with van der Waals surface area (Å²) in [7, 11) is 1.58. The minimum absolute atomic E-state index is 0.110. The fraction of sp³-hybridized carbons (Fsp3) is 0.150. The van der Waals surface area contributed by atoms with Crippen molar-refractivity contribution in [2.75, 3.05) is 7.11 Å². The minimum atomic E-state index is -0.516. The van der Waals surface area contributed by atoms with Crippen LogP contribution in [0.3, 0.4) is 0 Å². The molecule has 0 fully saturated rings. The molecule has 0 radical (unpaired) electrons. The van der Waals surface area contributed by atoms with Crippen molar-refractivity contribution in [3.8, 4) is 5.75 Å². The Kier molecular flexibility index (Phi) is 4.94. The van der Waals surface area contributed by atoms with Gasteiger partial charge in [-0.3, -0.25) is 10.2 Å². The van der Waals surface area contributed by atoms with E-state index in [9.17, 15) is 9.90 Å². The van der Waals surface area contributed by atoms with Crippen molar-refractivity contribution in [3.05, 3.63) is 65.2 Å². The minimum Gasteiger partial charge on any atom is -0.505 e. The van der Waals surface area contributed by atoms with Crippen LogP contribution < -0.4 is 10.5 Å². The molecular weight excluding hydrogens is 344 g/mol. The van der Waals surface area contributed by atoms with Gasteiger partial charge in [-0.1, -0.05) is 19.1 Å². The SMILES string of the molecule is CC/C(=C(/O)C(=N)c1nc2ccc(OC)cc2[nH]1)c1ccc(C(N)=O)cc1. The highest BCUT2D eigenvalue weighted by Gasteiger charge is 2.17. The molecule has 7 heteroatoms. The monoisotopic (exact) mass is 364 g/mol. The number of benzene rings is 2. The molecule has 0 unspecified atom stereocenters. The second kappa shape index (κ2) is 7.33. The second-order valence-electron chi connectivity index (χ2n) is 5.97. The van der Waals surface area contributed by atoms with Crippen LogP contribution >= 0.6 is 0 Å². The van der Waals surface area contributed by atoms with Gasteiger partial charge in [0.1, 0.15) is 17.2 Å². The number of fused-ring (bicyclic) bond motifs is 1. The van der Waals surface area contributed by atoms with E-state index in [1.807, 2.05) is 6.92 Å². The summed E-state index contributed by atoms with van der Waals surface area (Å²) in [5.41, 5.74) is 8.21. The number of carbonyl (C=O) groups excluding carboxylic acids is 1. The number of H-pyrrole nitrogens is 1. The number of hydrogen-bond acceptors (Lipinski definition) is 5. The lowest BCUT2D eigenvalue weighted by Gasteiger charge is -2.10. The lowest BCUT2D eigenvalue weighted by atomic mass is 9.99. The van der Waals surface area contributed by atoms with Crippen LogP contribution in [0.15, 0.2) is 48.2 Å². The number of imidazole rings is 1. The zero-order valence-corrected chi connectivity index (χ0v) is 15.0. The van der Waals surface area contributed by atoms with E-state index in [1.165, 1.54) is 0 Å².